The molecule has 1 aromatic rings. The Labute approximate surface area is 274 Å². The molecule has 0 radical (unpaired) electrons. The van der Waals surface area contributed by atoms with E-state index in [4.69, 9.17) is 29.2 Å². The van der Waals surface area contributed by atoms with Crippen LogP contribution in [-0.2, 0) is 54.8 Å². The molecule has 16 heteroatoms. The Balaban J connectivity index is 1.58. The number of rotatable bonds is 15. The first-order valence-corrected chi connectivity index (χ1v) is 15.4. The molecule has 16 nitrogen and oxygen atoms in total. The zero-order valence-electron chi connectivity index (χ0n) is 26.8. The van der Waals surface area contributed by atoms with Gasteiger partial charge in [-0.3, -0.25) is 14.4 Å². The van der Waals surface area contributed by atoms with Gasteiger partial charge in [-0.25, -0.2) is 14.4 Å². The van der Waals surface area contributed by atoms with Gasteiger partial charge in [0.1, 0.15) is 11.5 Å². The Morgan fingerprint density at radius 2 is 1.67 bits per heavy atom. The average molecular weight is 678 g/mol. The number of benzene rings is 1. The number of ketones is 1. The summed E-state index contributed by atoms with van der Waals surface area (Å²) in [7, 11) is 1.71. The topological polar surface area (TPSA) is 253 Å². The molecular weight excluding hydrogens is 638 g/mol. The molecule has 4 rings (SSSR count). The molecule has 0 fully saturated rings. The van der Waals surface area contributed by atoms with Crippen LogP contribution in [0.2, 0.25) is 0 Å². The van der Waals surface area contributed by atoms with Crippen LogP contribution in [0.4, 0.5) is 0 Å². The van der Waals surface area contributed by atoms with Gasteiger partial charge >= 0.3 is 29.8 Å². The van der Waals surface area contributed by atoms with Gasteiger partial charge in [0.05, 0.1) is 23.4 Å². The molecule has 0 spiro atoms. The number of carboxylic acids is 2. The number of ether oxygens (including phenoxy) is 4. The molecule has 6 N–H and O–H groups in total. The number of esters is 3. The third-order valence-electron chi connectivity index (χ3n) is 9.33. The van der Waals surface area contributed by atoms with Gasteiger partial charge in [0.15, 0.2) is 35.9 Å². The second-order valence-corrected chi connectivity index (χ2v) is 12.2. The second kappa shape index (κ2) is 13.9. The number of Topliss-reactive ketones (excluding diaryl/α,β-unsaturated/α-hetero) is 1. The van der Waals surface area contributed by atoms with Crippen molar-refractivity contribution in [3.05, 3.63) is 35.1 Å². The number of phenolic OH excluding ortho intramolecular Hbond substituents is 1. The number of hydrogen-bond acceptors (Lipinski definition) is 14. The minimum Gasteiger partial charge on any atom is -0.504 e. The molecule has 1 aliphatic heterocycles. The van der Waals surface area contributed by atoms with Crippen LogP contribution in [0.5, 0.6) is 11.5 Å². The smallest absolute Gasteiger partial charge is 0.347 e. The summed E-state index contributed by atoms with van der Waals surface area (Å²) >= 11 is 0. The number of carboxylic acid groups (broad SMARTS) is 2. The summed E-state index contributed by atoms with van der Waals surface area (Å²) in [5.41, 5.74) is -1.14. The van der Waals surface area contributed by atoms with Crippen molar-refractivity contribution in [2.75, 3.05) is 7.05 Å². The highest BCUT2D eigenvalue weighted by atomic mass is 16.6. The Hall–Kier alpha value is -4.54. The first-order valence-electron chi connectivity index (χ1n) is 15.4. The SMILES string of the molecule is CC[C@]12c3c4ccc(O)c3O[C@H]1C(OC(=O)C[C@H](CC(=O)C[C@H](O)C(=O)O)C(=O)O[C@@H](C)C(=O)O[C@@H](C)C(=O)O)=CC[C@@]2(O)[C@H](NC)C4. The lowest BCUT2D eigenvalue weighted by Crippen LogP contribution is -2.70. The number of aliphatic carboxylic acids is 2. The van der Waals surface area contributed by atoms with Crippen LogP contribution < -0.4 is 10.1 Å². The van der Waals surface area contributed by atoms with Crippen molar-refractivity contribution in [1.29, 1.82) is 0 Å². The van der Waals surface area contributed by atoms with E-state index in [1.54, 1.807) is 13.1 Å². The van der Waals surface area contributed by atoms with Gasteiger partial charge in [0.2, 0.25) is 0 Å². The highest BCUT2D eigenvalue weighted by Gasteiger charge is 2.69. The number of aliphatic hydroxyl groups is 2. The van der Waals surface area contributed by atoms with Crippen molar-refractivity contribution in [3.63, 3.8) is 0 Å². The minimum atomic E-state index is -2.08. The molecule has 0 unspecified atom stereocenters. The molecule has 48 heavy (non-hydrogen) atoms. The van der Waals surface area contributed by atoms with E-state index in [1.807, 2.05) is 6.92 Å². The summed E-state index contributed by atoms with van der Waals surface area (Å²) in [6.07, 6.45) is -6.60. The summed E-state index contributed by atoms with van der Waals surface area (Å²) in [6, 6.07) is 2.80. The molecule has 8 atom stereocenters. The first kappa shape index (κ1) is 36.3. The van der Waals surface area contributed by atoms with Crippen molar-refractivity contribution in [3.8, 4) is 11.5 Å². The maximum atomic E-state index is 13.4. The molecule has 0 saturated carbocycles. The minimum absolute atomic E-state index is 0.0100. The number of phenols is 1. The lowest BCUT2D eigenvalue weighted by atomic mass is 9.52. The summed E-state index contributed by atoms with van der Waals surface area (Å²) in [5, 5.41) is 53.6. The Kier molecular flexibility index (Phi) is 10.5. The van der Waals surface area contributed by atoms with Crippen molar-refractivity contribution < 1.29 is 73.2 Å². The van der Waals surface area contributed by atoms with Crippen LogP contribution in [-0.4, -0.2) is 104 Å². The van der Waals surface area contributed by atoms with Crippen LogP contribution in [0.3, 0.4) is 0 Å². The zero-order valence-corrected chi connectivity index (χ0v) is 26.8. The fourth-order valence-electron chi connectivity index (χ4n) is 6.89. The van der Waals surface area contributed by atoms with E-state index in [1.165, 1.54) is 12.1 Å². The molecule has 0 amide bonds. The van der Waals surface area contributed by atoms with Crippen LogP contribution in [0.15, 0.2) is 24.0 Å². The molecule has 0 saturated heterocycles. The fraction of sp³-hybridized carbons (Fsp3) is 0.562. The number of nitrogens with one attached hydrogen (secondary N) is 1. The normalized spacial score (nSPS) is 26.0. The van der Waals surface area contributed by atoms with Gasteiger partial charge in [-0.15, -0.1) is 0 Å². The highest BCUT2D eigenvalue weighted by molar-refractivity contribution is 5.91. The maximum Gasteiger partial charge on any atom is 0.347 e. The van der Waals surface area contributed by atoms with Gasteiger partial charge in [0.25, 0.3) is 0 Å². The quantitative estimate of drug-likeness (QED) is 0.107. The fourth-order valence-corrected chi connectivity index (χ4v) is 6.89. The number of hydrogen-bond donors (Lipinski definition) is 6. The van der Waals surface area contributed by atoms with Gasteiger partial charge in [-0.2, -0.15) is 0 Å². The lowest BCUT2D eigenvalue weighted by Gasteiger charge is -2.56. The van der Waals surface area contributed by atoms with Crippen molar-refractivity contribution in [1.82, 2.24) is 5.32 Å². The Morgan fingerprint density at radius 1 is 1.00 bits per heavy atom. The molecule has 2 aliphatic carbocycles. The van der Waals surface area contributed by atoms with E-state index in [-0.39, 0.29) is 23.7 Å². The van der Waals surface area contributed by atoms with Gasteiger partial charge in [-0.05, 0) is 51.4 Å². The van der Waals surface area contributed by atoms with E-state index in [0.29, 0.717) is 18.4 Å². The standard InChI is InChI=1S/C32H39NO15/c1-5-31-24-16-6-7-19(35)25(24)48-26(31)21(8-9-32(31,44)22(11-16)33-4)47-23(37)12-17(10-18(34)13-20(36)28(40)41)30(43)46-15(3)29(42)45-14(2)27(38)39/h6-8,14-15,17,20,22,26,33,35-36,44H,5,9-13H2,1-4H3,(H,38,39)(H,40,41)/t14-,15-,17-,20-,22+,26-,31-,32+/m0/s1. The number of likely N-dealkylation sites (N-methyl/N-ethyl adjacent to an activating group) is 1. The molecule has 0 aromatic heterocycles. The van der Waals surface area contributed by atoms with Crippen molar-refractivity contribution in [2.45, 2.75) is 101 Å². The van der Waals surface area contributed by atoms with E-state index in [0.717, 1.165) is 19.4 Å². The van der Waals surface area contributed by atoms with Crippen molar-refractivity contribution >= 4 is 35.6 Å². The van der Waals surface area contributed by atoms with Gasteiger partial charge in [-0.1, -0.05) is 13.0 Å². The monoisotopic (exact) mass is 677 g/mol. The zero-order chi connectivity index (χ0) is 35.7. The van der Waals surface area contributed by atoms with E-state index >= 15 is 0 Å². The maximum absolute atomic E-state index is 13.4. The second-order valence-electron chi connectivity index (χ2n) is 12.2. The number of aromatic hydroxyl groups is 1. The predicted molar refractivity (Wildman–Crippen MR) is 160 cm³/mol. The van der Waals surface area contributed by atoms with Crippen LogP contribution in [0.1, 0.15) is 64.0 Å². The predicted octanol–water partition coefficient (Wildman–Crippen LogP) is 0.256. The van der Waals surface area contributed by atoms with Crippen molar-refractivity contribution in [2.24, 2.45) is 5.92 Å². The molecule has 0 bridgehead atoms. The summed E-state index contributed by atoms with van der Waals surface area (Å²) in [5.74, 6) is -9.23. The lowest BCUT2D eigenvalue weighted by molar-refractivity contribution is -0.177. The number of carbonyl (C=O) groups is 6. The number of aliphatic hydroxyl groups excluding tert-OH is 1. The van der Waals surface area contributed by atoms with Gasteiger partial charge < -0.3 is 49.8 Å². The summed E-state index contributed by atoms with van der Waals surface area (Å²) in [4.78, 5) is 73.5. The Bertz CT molecular complexity index is 1540. The largest absolute Gasteiger partial charge is 0.504 e. The summed E-state index contributed by atoms with van der Waals surface area (Å²) < 4.78 is 21.7. The highest BCUT2D eigenvalue weighted by Crippen LogP contribution is 2.63. The number of carbonyl (C=O) groups excluding carboxylic acids is 4. The van der Waals surface area contributed by atoms with Crippen LogP contribution in [0.25, 0.3) is 0 Å². The Morgan fingerprint density at radius 3 is 2.27 bits per heavy atom. The van der Waals surface area contributed by atoms with Crippen LogP contribution in [0, 0.1) is 5.92 Å². The van der Waals surface area contributed by atoms with Gasteiger partial charge in [0, 0.05) is 30.9 Å². The summed E-state index contributed by atoms with van der Waals surface area (Å²) in [6.45, 7) is 3.99. The first-order chi connectivity index (χ1) is 22.5. The average Bonchev–Trinajstić information content (AvgIpc) is 3.40. The molecule has 3 aliphatic rings. The van der Waals surface area contributed by atoms with E-state index < -0.39 is 102 Å². The molecule has 262 valence electrons. The molecule has 1 aromatic carbocycles. The molecular formula is C32H39NO15. The molecule has 1 heterocycles. The van der Waals surface area contributed by atoms with E-state index in [9.17, 15) is 44.1 Å². The van der Waals surface area contributed by atoms with E-state index in [2.05, 4.69) is 5.32 Å². The van der Waals surface area contributed by atoms with Crippen LogP contribution >= 0.6 is 0 Å². The third kappa shape index (κ3) is 6.47. The third-order valence-corrected chi connectivity index (χ3v) is 9.33.